The predicted octanol–water partition coefficient (Wildman–Crippen LogP) is 8.15. The van der Waals surface area contributed by atoms with Crippen molar-refractivity contribution in [1.29, 1.82) is 0 Å². The molecule has 234 valence electrons. The fourth-order valence-corrected chi connectivity index (χ4v) is 7.66. The van der Waals surface area contributed by atoms with Gasteiger partial charge in [-0.2, -0.15) is 0 Å². The van der Waals surface area contributed by atoms with Crippen LogP contribution in [0.25, 0.3) is 5.57 Å². The Kier molecular flexibility index (Phi) is 10.1. The average Bonchev–Trinajstić information content (AvgIpc) is 2.98. The summed E-state index contributed by atoms with van der Waals surface area (Å²) in [4.78, 5) is 18.3. The monoisotopic (exact) mass is 610 g/mol. The molecule has 0 spiro atoms. The van der Waals surface area contributed by atoms with E-state index in [1.807, 2.05) is 12.1 Å². The van der Waals surface area contributed by atoms with Crippen LogP contribution in [0.4, 0.5) is 4.39 Å². The number of piperidine rings is 2. The Morgan fingerprint density at radius 1 is 1.05 bits per heavy atom. The second-order valence-electron chi connectivity index (χ2n) is 13.4. The molecule has 1 atom stereocenters. The first kappa shape index (κ1) is 31.8. The molecule has 0 aliphatic carbocycles. The number of aryl methyl sites for hydroxylation is 1. The van der Waals surface area contributed by atoms with Gasteiger partial charge in [-0.25, -0.2) is 4.39 Å². The topological polar surface area (TPSA) is 42.0 Å². The molecule has 0 saturated carbocycles. The zero-order valence-corrected chi connectivity index (χ0v) is 26.9. The van der Waals surface area contributed by atoms with E-state index in [4.69, 9.17) is 9.47 Å². The lowest BCUT2D eigenvalue weighted by Gasteiger charge is -2.51. The predicted molar refractivity (Wildman–Crippen MR) is 173 cm³/mol. The van der Waals surface area contributed by atoms with Gasteiger partial charge in [0.1, 0.15) is 22.9 Å². The molecule has 7 rings (SSSR count). The summed E-state index contributed by atoms with van der Waals surface area (Å²) in [7, 11) is 0. The third-order valence-electron chi connectivity index (χ3n) is 9.88. The molecule has 1 unspecified atom stereocenters. The molecule has 0 aromatic heterocycles. The molecule has 5 aliphatic rings. The minimum atomic E-state index is -0.429. The van der Waals surface area contributed by atoms with Gasteiger partial charge in [0.25, 0.3) is 0 Å². The standard InChI is InChI=1S/C36H47FN2O3.ClH/c1-25(9-7-10-26-12-14-29(37)15-13-26)28-23-30(41-32(40)11-8-20-38-18-5-4-6-19-38)34-31(24-28)42-36(2,3)35-33(34)27-16-21-39(35)22-17-27;/h12-15,23-25,27H,4-11,16-22H2,1-3H3;1H. The number of ether oxygens (including phenoxy) is 2. The Balaban J connectivity index is 0.00000368. The molecule has 5 aliphatic heterocycles. The molecular weight excluding hydrogens is 563 g/mol. The number of fused-ring (bicyclic) bond motifs is 3. The second-order valence-corrected chi connectivity index (χ2v) is 13.4. The Morgan fingerprint density at radius 3 is 2.49 bits per heavy atom. The van der Waals surface area contributed by atoms with Crippen LogP contribution in [0.5, 0.6) is 11.5 Å². The van der Waals surface area contributed by atoms with Crippen LogP contribution in [0.1, 0.15) is 101 Å². The van der Waals surface area contributed by atoms with Gasteiger partial charge in [-0.3, -0.25) is 4.79 Å². The third-order valence-corrected chi connectivity index (χ3v) is 9.88. The quantitative estimate of drug-likeness (QED) is 0.201. The molecule has 0 radical (unpaired) electrons. The average molecular weight is 611 g/mol. The minimum Gasteiger partial charge on any atom is -0.481 e. The lowest BCUT2D eigenvalue weighted by molar-refractivity contribution is -0.134. The number of carbonyl (C=O) groups is 1. The van der Waals surface area contributed by atoms with E-state index in [9.17, 15) is 9.18 Å². The highest BCUT2D eigenvalue weighted by atomic mass is 35.5. The Morgan fingerprint density at radius 2 is 1.77 bits per heavy atom. The fourth-order valence-electron chi connectivity index (χ4n) is 7.66. The van der Waals surface area contributed by atoms with E-state index >= 15 is 0 Å². The van der Waals surface area contributed by atoms with Gasteiger partial charge in [0.05, 0.1) is 11.3 Å². The van der Waals surface area contributed by atoms with Crippen molar-refractivity contribution >= 4 is 23.9 Å². The van der Waals surface area contributed by atoms with E-state index < -0.39 is 5.60 Å². The van der Waals surface area contributed by atoms with Gasteiger partial charge >= 0.3 is 5.97 Å². The van der Waals surface area contributed by atoms with Gasteiger partial charge in [0.2, 0.25) is 0 Å². The van der Waals surface area contributed by atoms with Crippen LogP contribution in [0, 0.1) is 11.7 Å². The smallest absolute Gasteiger partial charge is 0.311 e. The summed E-state index contributed by atoms with van der Waals surface area (Å²) < 4.78 is 26.4. The van der Waals surface area contributed by atoms with Crippen LogP contribution in [0.2, 0.25) is 0 Å². The SMILES string of the molecule is CC(CCCc1ccc(F)cc1)c1cc(OC(=O)CCCN2CCCCC2)c2c(c1)OC(C)(C)C1=C2C2CCN1CC2.Cl. The molecule has 5 heterocycles. The van der Waals surface area contributed by atoms with Crippen LogP contribution in [0.15, 0.2) is 42.1 Å². The zero-order valence-electron chi connectivity index (χ0n) is 26.1. The van der Waals surface area contributed by atoms with Gasteiger partial charge in [0, 0.05) is 19.5 Å². The number of rotatable bonds is 10. The van der Waals surface area contributed by atoms with E-state index in [0.717, 1.165) is 93.7 Å². The van der Waals surface area contributed by atoms with Gasteiger partial charge in [0.15, 0.2) is 0 Å². The summed E-state index contributed by atoms with van der Waals surface area (Å²) in [6.07, 6.45) is 10.3. The lowest BCUT2D eigenvalue weighted by Crippen LogP contribution is -2.51. The molecule has 2 saturated heterocycles. The van der Waals surface area contributed by atoms with Gasteiger partial charge in [-0.1, -0.05) is 25.5 Å². The molecule has 7 heteroatoms. The maximum Gasteiger partial charge on any atom is 0.311 e. The number of halogens is 2. The van der Waals surface area contributed by atoms with Crippen LogP contribution in [0.3, 0.4) is 0 Å². The maximum absolute atomic E-state index is 13.3. The van der Waals surface area contributed by atoms with Gasteiger partial charge in [-0.15, -0.1) is 12.4 Å². The molecule has 2 aromatic carbocycles. The number of hydrogen-bond donors (Lipinski definition) is 0. The lowest BCUT2D eigenvalue weighted by atomic mass is 9.73. The Labute approximate surface area is 263 Å². The number of esters is 1. The maximum atomic E-state index is 13.3. The molecule has 5 nitrogen and oxygen atoms in total. The summed E-state index contributed by atoms with van der Waals surface area (Å²) in [5, 5.41) is 0. The van der Waals surface area contributed by atoms with Crippen LogP contribution in [-0.4, -0.2) is 54.1 Å². The summed E-state index contributed by atoms with van der Waals surface area (Å²) in [6, 6.07) is 11.1. The number of allylic oxidation sites excluding steroid dienone is 1. The summed E-state index contributed by atoms with van der Waals surface area (Å²) in [5.74, 6) is 1.92. The van der Waals surface area contributed by atoms with E-state index in [1.165, 1.54) is 42.7 Å². The second kappa shape index (κ2) is 13.6. The minimum absolute atomic E-state index is 0. The van der Waals surface area contributed by atoms with Crippen LogP contribution < -0.4 is 9.47 Å². The summed E-state index contributed by atoms with van der Waals surface area (Å²) in [5.41, 5.74) is 5.49. The number of hydrogen-bond acceptors (Lipinski definition) is 5. The summed E-state index contributed by atoms with van der Waals surface area (Å²) >= 11 is 0. The van der Waals surface area contributed by atoms with Crippen molar-refractivity contribution in [2.24, 2.45) is 5.92 Å². The fraction of sp³-hybridized carbons (Fsp3) is 0.583. The van der Waals surface area contributed by atoms with Crippen molar-refractivity contribution in [2.45, 2.75) is 96.5 Å². The Hall–Kier alpha value is -2.57. The van der Waals surface area contributed by atoms with Crippen molar-refractivity contribution < 1.29 is 18.7 Å². The van der Waals surface area contributed by atoms with Crippen LogP contribution >= 0.6 is 12.4 Å². The zero-order chi connectivity index (χ0) is 29.3. The third kappa shape index (κ3) is 7.06. The summed E-state index contributed by atoms with van der Waals surface area (Å²) in [6.45, 7) is 12.0. The van der Waals surface area contributed by atoms with E-state index in [2.05, 4.69) is 42.7 Å². The molecule has 0 N–H and O–H groups in total. The van der Waals surface area contributed by atoms with E-state index in [-0.39, 0.29) is 30.1 Å². The highest BCUT2D eigenvalue weighted by Gasteiger charge is 2.47. The number of likely N-dealkylation sites (tertiary alicyclic amines) is 1. The normalized spacial score (nSPS) is 20.1. The molecule has 0 amide bonds. The van der Waals surface area contributed by atoms with Gasteiger partial charge in [-0.05, 0) is 138 Å². The van der Waals surface area contributed by atoms with Gasteiger partial charge < -0.3 is 19.3 Å². The molecular formula is C36H48ClFN2O3. The van der Waals surface area contributed by atoms with Crippen molar-refractivity contribution in [3.8, 4) is 11.5 Å². The van der Waals surface area contributed by atoms with E-state index in [0.29, 0.717) is 18.1 Å². The molecule has 2 bridgehead atoms. The first-order valence-corrected chi connectivity index (χ1v) is 16.3. The first-order valence-electron chi connectivity index (χ1n) is 16.3. The molecule has 43 heavy (non-hydrogen) atoms. The highest BCUT2D eigenvalue weighted by molar-refractivity contribution is 5.86. The highest BCUT2D eigenvalue weighted by Crippen LogP contribution is 2.55. The van der Waals surface area contributed by atoms with Crippen molar-refractivity contribution in [2.75, 3.05) is 32.7 Å². The van der Waals surface area contributed by atoms with Crippen molar-refractivity contribution in [1.82, 2.24) is 9.80 Å². The number of nitrogens with zero attached hydrogens (tertiary/aromatic N) is 2. The number of carbonyl (C=O) groups excluding carboxylic acids is 1. The molecule has 2 aromatic rings. The largest absolute Gasteiger partial charge is 0.481 e. The number of benzene rings is 2. The van der Waals surface area contributed by atoms with Crippen molar-refractivity contribution in [3.05, 3.63) is 64.6 Å². The first-order chi connectivity index (χ1) is 20.3. The Bertz CT molecular complexity index is 1310. The van der Waals surface area contributed by atoms with Crippen molar-refractivity contribution in [3.63, 3.8) is 0 Å². The van der Waals surface area contributed by atoms with Crippen LogP contribution in [-0.2, 0) is 11.2 Å². The molecule has 2 fully saturated rings. The van der Waals surface area contributed by atoms with E-state index in [1.54, 1.807) is 0 Å².